The summed E-state index contributed by atoms with van der Waals surface area (Å²) < 4.78 is 66.9. The fraction of sp³-hybridized carbons (Fsp3) is 0.250. The van der Waals surface area contributed by atoms with Crippen LogP contribution >= 0.6 is 23.4 Å². The van der Waals surface area contributed by atoms with Gasteiger partial charge in [0.1, 0.15) is 0 Å². The van der Waals surface area contributed by atoms with Gasteiger partial charge in [0.2, 0.25) is 11.7 Å². The molecule has 0 aliphatic carbocycles. The Morgan fingerprint density at radius 1 is 1.18 bits per heavy atom. The first-order valence-corrected chi connectivity index (χ1v) is 12.5. The molecule has 14 heteroatoms. The summed E-state index contributed by atoms with van der Waals surface area (Å²) in [7, 11) is -2.82. The third-order valence-electron chi connectivity index (χ3n) is 4.55. The first kappa shape index (κ1) is 25.8. The molecule has 3 aromatic rings. The van der Waals surface area contributed by atoms with Crippen LogP contribution in [0.1, 0.15) is 12.7 Å². The molecule has 0 saturated carbocycles. The van der Waals surface area contributed by atoms with Crippen LogP contribution in [-0.2, 0) is 28.0 Å². The highest BCUT2D eigenvalue weighted by atomic mass is 35.5. The molecule has 0 bridgehead atoms. The van der Waals surface area contributed by atoms with Crippen molar-refractivity contribution >= 4 is 50.7 Å². The lowest BCUT2D eigenvalue weighted by Gasteiger charge is -2.23. The predicted octanol–water partition coefficient (Wildman–Crippen LogP) is 4.43. The highest BCUT2D eigenvalue weighted by Crippen LogP contribution is 2.31. The number of halogens is 4. The molecule has 34 heavy (non-hydrogen) atoms. The van der Waals surface area contributed by atoms with E-state index in [1.165, 1.54) is 22.5 Å². The molecule has 1 heterocycles. The lowest BCUT2D eigenvalue weighted by molar-refractivity contribution is -0.147. The van der Waals surface area contributed by atoms with Crippen LogP contribution in [0.15, 0.2) is 58.6 Å². The average Bonchev–Trinajstić information content (AvgIpc) is 3.15. The quantitative estimate of drug-likeness (QED) is 0.430. The van der Waals surface area contributed by atoms with Crippen LogP contribution in [0.4, 0.5) is 24.5 Å². The Hall–Kier alpha value is -2.77. The molecular weight excluding hydrogens is 515 g/mol. The Kier molecular flexibility index (Phi) is 7.78. The van der Waals surface area contributed by atoms with Crippen molar-refractivity contribution in [2.45, 2.75) is 23.2 Å². The van der Waals surface area contributed by atoms with Crippen LogP contribution in [0, 0.1) is 0 Å². The second-order valence-electron chi connectivity index (χ2n) is 6.85. The summed E-state index contributed by atoms with van der Waals surface area (Å²) >= 11 is 6.88. The van der Waals surface area contributed by atoms with Gasteiger partial charge in [0.05, 0.1) is 27.0 Å². The third kappa shape index (κ3) is 5.65. The predicted molar refractivity (Wildman–Crippen MR) is 123 cm³/mol. The molecule has 0 unspecified atom stereocenters. The molecule has 0 aliphatic heterocycles. The van der Waals surface area contributed by atoms with Crippen LogP contribution in [0.2, 0.25) is 5.02 Å². The van der Waals surface area contributed by atoms with Crippen LogP contribution < -0.4 is 9.62 Å². The van der Waals surface area contributed by atoms with Crippen molar-refractivity contribution in [3.8, 4) is 0 Å². The Morgan fingerprint density at radius 2 is 1.85 bits per heavy atom. The summed E-state index contributed by atoms with van der Waals surface area (Å²) in [6, 6.07) is 12.4. The number of hydrogen-bond acceptors (Lipinski definition) is 6. The summed E-state index contributed by atoms with van der Waals surface area (Å²) in [5.41, 5.74) is 0.523. The van der Waals surface area contributed by atoms with Gasteiger partial charge in [-0.15, -0.1) is 10.2 Å². The number of para-hydroxylation sites is 1. The van der Waals surface area contributed by atoms with Gasteiger partial charge in [0.25, 0.3) is 10.0 Å². The second kappa shape index (κ2) is 10.2. The first-order valence-electron chi connectivity index (χ1n) is 9.71. The number of aromatic nitrogens is 3. The molecule has 1 N–H and O–H groups in total. The van der Waals surface area contributed by atoms with Gasteiger partial charge < -0.3 is 9.88 Å². The number of nitrogens with one attached hydrogen (secondary N) is 1. The largest absolute Gasteiger partial charge is 0.451 e. The van der Waals surface area contributed by atoms with E-state index in [0.29, 0.717) is 5.69 Å². The van der Waals surface area contributed by atoms with Gasteiger partial charge in [-0.2, -0.15) is 13.2 Å². The molecule has 8 nitrogen and oxygen atoms in total. The normalized spacial score (nSPS) is 11.9. The van der Waals surface area contributed by atoms with E-state index in [0.717, 1.165) is 23.4 Å². The van der Waals surface area contributed by atoms with E-state index >= 15 is 0 Å². The molecule has 3 rings (SSSR count). The number of thioether (sulfide) groups is 1. The maximum Gasteiger partial charge on any atom is 0.451 e. The zero-order valence-corrected chi connectivity index (χ0v) is 20.3. The van der Waals surface area contributed by atoms with Crippen LogP contribution in [-0.4, -0.2) is 41.4 Å². The maximum atomic E-state index is 13.2. The minimum Gasteiger partial charge on any atom is -0.324 e. The Bertz CT molecular complexity index is 1280. The van der Waals surface area contributed by atoms with Gasteiger partial charge in [0.15, 0.2) is 5.16 Å². The summed E-state index contributed by atoms with van der Waals surface area (Å²) in [5, 5.41) is 9.02. The number of hydrogen-bond donors (Lipinski definition) is 1. The molecule has 0 aliphatic rings. The molecule has 0 fully saturated rings. The van der Waals surface area contributed by atoms with Gasteiger partial charge in [-0.1, -0.05) is 41.6 Å². The summed E-state index contributed by atoms with van der Waals surface area (Å²) in [5.74, 6) is -2.11. The van der Waals surface area contributed by atoms with Gasteiger partial charge in [-0.3, -0.25) is 9.10 Å². The van der Waals surface area contributed by atoms with Crippen molar-refractivity contribution < 1.29 is 26.4 Å². The summed E-state index contributed by atoms with van der Waals surface area (Å²) in [4.78, 5) is 12.3. The zero-order valence-electron chi connectivity index (χ0n) is 17.9. The number of benzene rings is 2. The monoisotopic (exact) mass is 533 g/mol. The van der Waals surface area contributed by atoms with E-state index < -0.39 is 27.9 Å². The van der Waals surface area contributed by atoms with E-state index in [4.69, 9.17) is 11.6 Å². The number of sulfonamides is 1. The van der Waals surface area contributed by atoms with Crippen molar-refractivity contribution in [2.75, 3.05) is 21.9 Å². The number of carbonyl (C=O) groups excluding carboxylic acids is 1. The summed E-state index contributed by atoms with van der Waals surface area (Å²) in [6.07, 6.45) is -4.67. The van der Waals surface area contributed by atoms with Crippen molar-refractivity contribution in [1.29, 1.82) is 0 Å². The van der Waals surface area contributed by atoms with Gasteiger partial charge in [-0.05, 0) is 37.3 Å². The van der Waals surface area contributed by atoms with Crippen molar-refractivity contribution in [1.82, 2.24) is 14.8 Å². The smallest absolute Gasteiger partial charge is 0.324 e. The lowest BCUT2D eigenvalue weighted by atomic mass is 10.3. The molecule has 0 radical (unpaired) electrons. The topological polar surface area (TPSA) is 97.2 Å². The van der Waals surface area contributed by atoms with Gasteiger partial charge in [0, 0.05) is 13.6 Å². The van der Waals surface area contributed by atoms with Crippen molar-refractivity contribution in [3.63, 3.8) is 0 Å². The van der Waals surface area contributed by atoms with Crippen LogP contribution in [0.25, 0.3) is 0 Å². The number of anilines is 2. The first-order chi connectivity index (χ1) is 15.9. The van der Waals surface area contributed by atoms with E-state index in [2.05, 4.69) is 15.5 Å². The van der Waals surface area contributed by atoms with Gasteiger partial charge in [-0.25, -0.2) is 8.42 Å². The molecular formula is C20H19ClF3N5O3S2. The standard InChI is InChI=1S/C20H19ClF3N5O3S2/c1-3-29(13-7-5-4-6-8-13)34(31,32)14-9-10-15(21)16(11-14)25-17(30)12-33-19-27-26-18(28(19)2)20(22,23)24/h4-11H,3,12H2,1-2H3,(H,25,30). The number of amides is 1. The molecule has 1 amide bonds. The lowest BCUT2D eigenvalue weighted by Crippen LogP contribution is -2.30. The third-order valence-corrected chi connectivity index (χ3v) is 7.80. The van der Waals surface area contributed by atoms with Gasteiger partial charge >= 0.3 is 6.18 Å². The average molecular weight is 534 g/mol. The zero-order chi connectivity index (χ0) is 25.1. The molecule has 0 spiro atoms. The second-order valence-corrected chi connectivity index (χ2v) is 10.1. The number of carbonyl (C=O) groups is 1. The van der Waals surface area contributed by atoms with E-state index in [1.54, 1.807) is 37.3 Å². The number of alkyl halides is 3. The Labute approximate surface area is 203 Å². The number of nitrogens with zero attached hydrogens (tertiary/aromatic N) is 4. The minimum absolute atomic E-state index is 0.0476. The molecule has 0 saturated heterocycles. The molecule has 1 aromatic heterocycles. The van der Waals surface area contributed by atoms with Crippen LogP contribution in [0.3, 0.4) is 0 Å². The van der Waals surface area contributed by atoms with Crippen molar-refractivity contribution in [2.24, 2.45) is 7.05 Å². The fourth-order valence-electron chi connectivity index (χ4n) is 2.98. The van der Waals surface area contributed by atoms with E-state index in [1.807, 2.05) is 0 Å². The molecule has 0 atom stereocenters. The molecule has 182 valence electrons. The minimum atomic E-state index is -4.67. The fourth-order valence-corrected chi connectivity index (χ4v) is 5.35. The molecule has 2 aromatic carbocycles. The van der Waals surface area contributed by atoms with E-state index in [9.17, 15) is 26.4 Å². The highest BCUT2D eigenvalue weighted by Gasteiger charge is 2.37. The Balaban J connectivity index is 1.76. The van der Waals surface area contributed by atoms with E-state index in [-0.39, 0.29) is 33.1 Å². The van der Waals surface area contributed by atoms with Crippen LogP contribution in [0.5, 0.6) is 0 Å². The summed E-state index contributed by atoms with van der Waals surface area (Å²) in [6.45, 7) is 1.86. The Morgan fingerprint density at radius 3 is 2.44 bits per heavy atom. The number of rotatable bonds is 8. The highest BCUT2D eigenvalue weighted by molar-refractivity contribution is 7.99. The van der Waals surface area contributed by atoms with Crippen molar-refractivity contribution in [3.05, 3.63) is 59.4 Å². The maximum absolute atomic E-state index is 13.2. The SMILES string of the molecule is CCN(c1ccccc1)S(=O)(=O)c1ccc(Cl)c(NC(=O)CSc2nnc(C(F)(F)F)n2C)c1.